The van der Waals surface area contributed by atoms with E-state index >= 15 is 0 Å². The number of piperidine rings is 1. The third-order valence-electron chi connectivity index (χ3n) is 7.97. The van der Waals surface area contributed by atoms with Crippen molar-refractivity contribution in [1.29, 1.82) is 0 Å². The van der Waals surface area contributed by atoms with Crippen molar-refractivity contribution in [2.24, 2.45) is 17.3 Å². The Morgan fingerprint density at radius 2 is 1.85 bits per heavy atom. The number of carbonyl (C=O) groups excluding carboxylic acids is 3. The molecule has 1 N–H and O–H groups in total. The number of fused-ring (bicyclic) bond motifs is 3. The second-order valence-electron chi connectivity index (χ2n) is 12.5. The molecule has 0 unspecified atom stereocenters. The number of nitrogens with one attached hydrogen (secondary N) is 1. The number of hydrogen-bond acceptors (Lipinski definition) is 5. The number of likely N-dealkylation sites (tertiary alicyclic amines) is 1. The molecule has 2 atom stereocenters. The Labute approximate surface area is 233 Å². The lowest BCUT2D eigenvalue weighted by Gasteiger charge is -2.38. The van der Waals surface area contributed by atoms with Gasteiger partial charge in [0, 0.05) is 51.1 Å². The molecular weight excluding hydrogens is 492 g/mol. The van der Waals surface area contributed by atoms with Gasteiger partial charge in [-0.3, -0.25) is 14.4 Å². The zero-order valence-electron chi connectivity index (χ0n) is 24.0. The van der Waals surface area contributed by atoms with Crippen molar-refractivity contribution < 1.29 is 19.1 Å². The lowest BCUT2D eigenvalue weighted by Crippen LogP contribution is -2.49. The Balaban J connectivity index is 1.45. The maximum Gasteiger partial charge on any atom is 0.242 e. The van der Waals surface area contributed by atoms with Gasteiger partial charge in [0.15, 0.2) is 0 Å². The van der Waals surface area contributed by atoms with Crippen LogP contribution < -0.4 is 10.1 Å². The smallest absolute Gasteiger partial charge is 0.242 e. The van der Waals surface area contributed by atoms with E-state index < -0.39 is 0 Å². The Bertz CT molecular complexity index is 1030. The van der Waals surface area contributed by atoms with Crippen LogP contribution in [0, 0.1) is 17.3 Å². The molecule has 3 heterocycles. The largest absolute Gasteiger partial charge is 0.489 e. The van der Waals surface area contributed by atoms with E-state index in [1.165, 1.54) is 12.8 Å². The number of hydrogen-bond donors (Lipinski definition) is 1. The first kappa shape index (κ1) is 29.1. The number of amides is 3. The van der Waals surface area contributed by atoms with Crippen molar-refractivity contribution in [3.05, 3.63) is 42.0 Å². The van der Waals surface area contributed by atoms with E-state index in [0.717, 1.165) is 37.4 Å². The third-order valence-corrected chi connectivity index (χ3v) is 7.97. The van der Waals surface area contributed by atoms with Crippen molar-refractivity contribution >= 4 is 17.7 Å². The van der Waals surface area contributed by atoms with Gasteiger partial charge in [0.1, 0.15) is 18.9 Å². The highest BCUT2D eigenvalue weighted by Gasteiger charge is 2.33. The number of ether oxygens (including phenoxy) is 1. The predicted molar refractivity (Wildman–Crippen MR) is 152 cm³/mol. The second kappa shape index (κ2) is 13.5. The van der Waals surface area contributed by atoms with E-state index in [4.69, 9.17) is 4.74 Å². The van der Waals surface area contributed by atoms with Gasteiger partial charge < -0.3 is 24.8 Å². The molecule has 2 saturated heterocycles. The van der Waals surface area contributed by atoms with Crippen molar-refractivity contribution in [1.82, 2.24) is 20.0 Å². The number of nitrogens with zero attached hydrogens (tertiary/aromatic N) is 3. The molecule has 3 aliphatic rings. The van der Waals surface area contributed by atoms with E-state index in [2.05, 4.69) is 16.3 Å². The highest BCUT2D eigenvalue weighted by molar-refractivity contribution is 5.85. The fourth-order valence-corrected chi connectivity index (χ4v) is 5.81. The molecule has 1 aromatic rings. The van der Waals surface area contributed by atoms with E-state index in [9.17, 15) is 14.4 Å². The molecule has 0 spiro atoms. The predicted octanol–water partition coefficient (Wildman–Crippen LogP) is 3.47. The van der Waals surface area contributed by atoms with Crippen LogP contribution in [-0.4, -0.2) is 84.8 Å². The average Bonchev–Trinajstić information content (AvgIpc) is 3.40. The fraction of sp³-hybridized carbons (Fsp3) is 0.645. The van der Waals surface area contributed by atoms with Crippen LogP contribution in [0.3, 0.4) is 0 Å². The van der Waals surface area contributed by atoms with Gasteiger partial charge >= 0.3 is 0 Å². The van der Waals surface area contributed by atoms with Gasteiger partial charge in [-0.25, -0.2) is 0 Å². The topological polar surface area (TPSA) is 82.2 Å². The lowest BCUT2D eigenvalue weighted by atomic mass is 9.82. The lowest BCUT2D eigenvalue weighted by molar-refractivity contribution is -0.143. The minimum Gasteiger partial charge on any atom is -0.489 e. The van der Waals surface area contributed by atoms with Gasteiger partial charge in [-0.15, -0.1) is 0 Å². The molecule has 0 aliphatic carbocycles. The molecule has 39 heavy (non-hydrogen) atoms. The quantitative estimate of drug-likeness (QED) is 0.561. The number of carbonyl (C=O) groups is 3. The van der Waals surface area contributed by atoms with Crippen LogP contribution in [0.5, 0.6) is 5.75 Å². The maximum absolute atomic E-state index is 13.5. The zero-order valence-corrected chi connectivity index (χ0v) is 24.0. The van der Waals surface area contributed by atoms with Crippen LogP contribution in [0.1, 0.15) is 58.4 Å². The van der Waals surface area contributed by atoms with Gasteiger partial charge in [0.25, 0.3) is 0 Å². The fourth-order valence-electron chi connectivity index (χ4n) is 5.81. The number of para-hydroxylation sites is 1. The van der Waals surface area contributed by atoms with Crippen LogP contribution in [-0.2, 0) is 20.9 Å². The molecule has 214 valence electrons. The highest BCUT2D eigenvalue weighted by Crippen LogP contribution is 2.29. The minimum absolute atomic E-state index is 0.0318. The first-order valence-electron chi connectivity index (χ1n) is 14.6. The molecule has 4 rings (SSSR count). The summed E-state index contributed by atoms with van der Waals surface area (Å²) in [6, 6.07) is 7.72. The van der Waals surface area contributed by atoms with Crippen molar-refractivity contribution in [3.63, 3.8) is 0 Å². The molecule has 0 radical (unpaired) electrons. The first-order chi connectivity index (χ1) is 18.7. The van der Waals surface area contributed by atoms with Crippen LogP contribution in [0.4, 0.5) is 0 Å². The Morgan fingerprint density at radius 1 is 1.08 bits per heavy atom. The number of rotatable bonds is 6. The summed E-state index contributed by atoms with van der Waals surface area (Å²) in [5, 5.41) is 3.11. The molecule has 3 amide bonds. The summed E-state index contributed by atoms with van der Waals surface area (Å²) in [5.41, 5.74) is 0.710. The second-order valence-corrected chi connectivity index (χ2v) is 12.5. The molecule has 8 heteroatoms. The van der Waals surface area contributed by atoms with Crippen LogP contribution in [0.25, 0.3) is 0 Å². The van der Waals surface area contributed by atoms with Gasteiger partial charge in [-0.05, 0) is 55.7 Å². The van der Waals surface area contributed by atoms with E-state index in [1.54, 1.807) is 4.90 Å². The minimum atomic E-state index is -0.181. The standard InChI is InChI=1S/C31H46N4O4/c1-31(2,3)20-29(37)35-22-26-9-4-5-11-27(26)39-18-8-10-25-21-34(30(38)23-35)16-12-24(25)19-28(36)32-13-17-33-14-6-7-15-33/h4-5,8-11,24-25H,6-7,12-23H2,1-3H3,(H,32,36)/b10-8-/t24-,25-/m0/s1. The summed E-state index contributed by atoms with van der Waals surface area (Å²) in [5.74, 6) is 0.954. The monoisotopic (exact) mass is 538 g/mol. The third kappa shape index (κ3) is 8.82. The molecule has 0 aromatic heterocycles. The van der Waals surface area contributed by atoms with Crippen molar-refractivity contribution in [2.45, 2.75) is 59.4 Å². The van der Waals surface area contributed by atoms with Crippen LogP contribution >= 0.6 is 0 Å². The van der Waals surface area contributed by atoms with Gasteiger partial charge in [0.05, 0.1) is 0 Å². The van der Waals surface area contributed by atoms with E-state index in [0.29, 0.717) is 45.6 Å². The number of benzene rings is 1. The molecular formula is C31H46N4O4. The molecule has 8 nitrogen and oxygen atoms in total. The Hall–Kier alpha value is -2.87. The SMILES string of the molecule is CC(C)(C)CC(=O)N1CC(=O)N2CC[C@@H](CC(=O)NCCN3CCCC3)[C@@H](/C=C\COc3ccccc3C1)C2. The molecule has 2 bridgehead atoms. The Kier molecular flexibility index (Phi) is 10.1. The molecule has 3 aliphatic heterocycles. The summed E-state index contributed by atoms with van der Waals surface area (Å²) in [4.78, 5) is 45.6. The van der Waals surface area contributed by atoms with Crippen molar-refractivity contribution in [3.8, 4) is 5.75 Å². The van der Waals surface area contributed by atoms with Crippen LogP contribution in [0.2, 0.25) is 0 Å². The summed E-state index contributed by atoms with van der Waals surface area (Å²) >= 11 is 0. The average molecular weight is 539 g/mol. The summed E-state index contributed by atoms with van der Waals surface area (Å²) in [7, 11) is 0. The molecule has 1 aromatic carbocycles. The van der Waals surface area contributed by atoms with Gasteiger partial charge in [0.2, 0.25) is 17.7 Å². The normalized spacial score (nSPS) is 23.6. The summed E-state index contributed by atoms with van der Waals surface area (Å²) < 4.78 is 6.11. The maximum atomic E-state index is 13.5. The highest BCUT2D eigenvalue weighted by atomic mass is 16.5. The zero-order chi connectivity index (χ0) is 27.8. The molecule has 2 fully saturated rings. The first-order valence-corrected chi connectivity index (χ1v) is 14.6. The van der Waals surface area contributed by atoms with Gasteiger partial charge in [-0.2, -0.15) is 0 Å². The Morgan fingerprint density at radius 3 is 2.62 bits per heavy atom. The van der Waals surface area contributed by atoms with E-state index in [1.807, 2.05) is 56.0 Å². The van der Waals surface area contributed by atoms with Crippen molar-refractivity contribution in [2.75, 3.05) is 52.4 Å². The van der Waals surface area contributed by atoms with Gasteiger partial charge in [-0.1, -0.05) is 51.1 Å². The summed E-state index contributed by atoms with van der Waals surface area (Å²) in [6.07, 6.45) is 8.20. The van der Waals surface area contributed by atoms with Crippen LogP contribution in [0.15, 0.2) is 36.4 Å². The molecule has 0 saturated carbocycles. The van der Waals surface area contributed by atoms with E-state index in [-0.39, 0.29) is 41.5 Å². The summed E-state index contributed by atoms with van der Waals surface area (Å²) in [6.45, 7) is 11.9.